The van der Waals surface area contributed by atoms with Crippen LogP contribution in [0.5, 0.6) is 0 Å². The van der Waals surface area contributed by atoms with Gasteiger partial charge in [0.05, 0.1) is 4.47 Å². The highest BCUT2D eigenvalue weighted by molar-refractivity contribution is 9.10. The van der Waals surface area contributed by atoms with Crippen LogP contribution in [-0.2, 0) is 0 Å². The highest BCUT2D eigenvalue weighted by atomic mass is 79.9. The molecule has 0 fully saturated rings. The van der Waals surface area contributed by atoms with E-state index in [1.807, 2.05) is 0 Å². The van der Waals surface area contributed by atoms with Gasteiger partial charge in [-0.1, -0.05) is 23.9 Å². The number of hydrazine groups is 1. The molecule has 94 valence electrons. The number of anilines is 1. The minimum atomic E-state index is 0.408. The van der Waals surface area contributed by atoms with Gasteiger partial charge in [0.15, 0.2) is 0 Å². The molecular weight excluding hydrogens is 312 g/mol. The third-order valence-electron chi connectivity index (χ3n) is 2.39. The first kappa shape index (κ1) is 13.3. The molecule has 4 nitrogen and oxygen atoms in total. The lowest BCUT2D eigenvalue weighted by Gasteiger charge is -2.08. The summed E-state index contributed by atoms with van der Waals surface area (Å²) in [6.45, 7) is 4.16. The zero-order chi connectivity index (χ0) is 13.1. The van der Waals surface area contributed by atoms with E-state index in [0.717, 1.165) is 9.50 Å². The lowest BCUT2D eigenvalue weighted by Crippen LogP contribution is -2.10. The number of nitrogen functional groups attached to an aromatic ring is 1. The van der Waals surface area contributed by atoms with Crippen LogP contribution in [0, 0.1) is 13.8 Å². The van der Waals surface area contributed by atoms with Gasteiger partial charge in [-0.3, -0.25) is 5.43 Å². The molecule has 3 N–H and O–H groups in total. The molecule has 0 saturated carbocycles. The van der Waals surface area contributed by atoms with Crippen LogP contribution in [0.15, 0.2) is 38.8 Å². The molecule has 2 rings (SSSR count). The third kappa shape index (κ3) is 3.01. The summed E-state index contributed by atoms with van der Waals surface area (Å²) in [5, 5.41) is 0.839. The van der Waals surface area contributed by atoms with Gasteiger partial charge >= 0.3 is 0 Å². The van der Waals surface area contributed by atoms with Crippen molar-refractivity contribution < 1.29 is 0 Å². The normalized spacial score (nSPS) is 10.4. The summed E-state index contributed by atoms with van der Waals surface area (Å²) in [7, 11) is 0. The lowest BCUT2D eigenvalue weighted by molar-refractivity contribution is 1.01. The molecule has 18 heavy (non-hydrogen) atoms. The highest BCUT2D eigenvalue weighted by Gasteiger charge is 2.08. The van der Waals surface area contributed by atoms with Gasteiger partial charge in [-0.15, -0.1) is 0 Å². The number of hydrogen-bond donors (Lipinski definition) is 2. The van der Waals surface area contributed by atoms with Crippen LogP contribution >= 0.6 is 27.7 Å². The molecule has 0 atom stereocenters. The average molecular weight is 325 g/mol. The maximum atomic E-state index is 5.32. The summed E-state index contributed by atoms with van der Waals surface area (Å²) in [5.74, 6) is 5.72. The van der Waals surface area contributed by atoms with Crippen molar-refractivity contribution in [1.29, 1.82) is 0 Å². The van der Waals surface area contributed by atoms with Gasteiger partial charge < -0.3 is 0 Å². The summed E-state index contributed by atoms with van der Waals surface area (Å²) < 4.78 is 0.854. The predicted molar refractivity (Wildman–Crippen MR) is 77.6 cm³/mol. The van der Waals surface area contributed by atoms with Gasteiger partial charge in [-0.2, -0.15) is 0 Å². The molecule has 0 bridgehead atoms. The molecule has 0 aliphatic heterocycles. The number of rotatable bonds is 3. The first-order valence-electron chi connectivity index (χ1n) is 5.34. The van der Waals surface area contributed by atoms with Crippen molar-refractivity contribution in [2.75, 3.05) is 5.43 Å². The molecule has 0 unspecified atom stereocenters. The lowest BCUT2D eigenvalue weighted by atomic mass is 10.2. The second-order valence-corrected chi connectivity index (χ2v) is 5.75. The SMILES string of the molecule is Cc1ccc(C)c(Sc2nc(NN)ncc2Br)c1. The zero-order valence-electron chi connectivity index (χ0n) is 10.1. The van der Waals surface area contributed by atoms with E-state index in [2.05, 4.69) is 63.4 Å². The molecule has 0 aliphatic rings. The van der Waals surface area contributed by atoms with Crippen LogP contribution in [0.2, 0.25) is 0 Å². The molecule has 0 radical (unpaired) electrons. The van der Waals surface area contributed by atoms with Crippen molar-refractivity contribution in [2.24, 2.45) is 5.84 Å². The fourth-order valence-electron chi connectivity index (χ4n) is 1.41. The molecule has 0 saturated heterocycles. The van der Waals surface area contributed by atoms with Crippen molar-refractivity contribution >= 4 is 33.6 Å². The summed E-state index contributed by atoms with van der Waals surface area (Å²) >= 11 is 5.04. The van der Waals surface area contributed by atoms with Gasteiger partial charge in [0, 0.05) is 11.1 Å². The Kier molecular flexibility index (Phi) is 4.21. The van der Waals surface area contributed by atoms with E-state index in [1.54, 1.807) is 18.0 Å². The van der Waals surface area contributed by atoms with E-state index in [4.69, 9.17) is 5.84 Å². The Morgan fingerprint density at radius 2 is 2.11 bits per heavy atom. The van der Waals surface area contributed by atoms with Gasteiger partial charge in [-0.25, -0.2) is 15.8 Å². The predicted octanol–water partition coefficient (Wildman–Crippen LogP) is 3.29. The van der Waals surface area contributed by atoms with Gasteiger partial charge in [-0.05, 0) is 47.0 Å². The quantitative estimate of drug-likeness (QED) is 0.515. The number of hydrogen-bond acceptors (Lipinski definition) is 5. The topological polar surface area (TPSA) is 63.8 Å². The van der Waals surface area contributed by atoms with Gasteiger partial charge in [0.2, 0.25) is 5.95 Å². The monoisotopic (exact) mass is 324 g/mol. The van der Waals surface area contributed by atoms with Crippen LogP contribution in [-0.4, -0.2) is 9.97 Å². The fourth-order valence-corrected chi connectivity index (χ4v) is 2.81. The molecule has 0 spiro atoms. The zero-order valence-corrected chi connectivity index (χ0v) is 12.5. The molecular formula is C12H13BrN4S. The minimum Gasteiger partial charge on any atom is -0.292 e. The Hall–Kier alpha value is -1.11. The Balaban J connectivity index is 2.36. The van der Waals surface area contributed by atoms with E-state index in [1.165, 1.54) is 16.0 Å². The van der Waals surface area contributed by atoms with E-state index in [9.17, 15) is 0 Å². The second-order valence-electron chi connectivity index (χ2n) is 3.86. The number of aromatic nitrogens is 2. The van der Waals surface area contributed by atoms with E-state index >= 15 is 0 Å². The molecule has 2 aromatic rings. The fraction of sp³-hybridized carbons (Fsp3) is 0.167. The Morgan fingerprint density at radius 3 is 2.83 bits per heavy atom. The van der Waals surface area contributed by atoms with Crippen LogP contribution in [0.4, 0.5) is 5.95 Å². The summed E-state index contributed by atoms with van der Waals surface area (Å²) in [4.78, 5) is 9.54. The summed E-state index contributed by atoms with van der Waals surface area (Å²) in [6.07, 6.45) is 1.69. The number of nitrogens with zero attached hydrogens (tertiary/aromatic N) is 2. The molecule has 1 heterocycles. The Morgan fingerprint density at radius 1 is 1.33 bits per heavy atom. The number of halogens is 1. The Bertz CT molecular complexity index is 574. The summed E-state index contributed by atoms with van der Waals surface area (Å²) in [6, 6.07) is 6.35. The number of benzene rings is 1. The maximum absolute atomic E-state index is 5.32. The second kappa shape index (κ2) is 5.69. The van der Waals surface area contributed by atoms with Crippen LogP contribution in [0.25, 0.3) is 0 Å². The van der Waals surface area contributed by atoms with Crippen LogP contribution in [0.3, 0.4) is 0 Å². The number of nitrogens with one attached hydrogen (secondary N) is 1. The molecule has 0 aliphatic carbocycles. The van der Waals surface area contributed by atoms with Gasteiger partial charge in [0.1, 0.15) is 5.03 Å². The average Bonchev–Trinajstić information content (AvgIpc) is 2.36. The standard InChI is InChI=1S/C12H13BrN4S/c1-7-3-4-8(2)10(5-7)18-11-9(13)6-15-12(16-11)17-14/h3-6H,14H2,1-2H3,(H,15,16,17). The van der Waals surface area contributed by atoms with Crippen molar-refractivity contribution in [3.05, 3.63) is 40.0 Å². The van der Waals surface area contributed by atoms with E-state index in [0.29, 0.717) is 5.95 Å². The van der Waals surface area contributed by atoms with Crippen LogP contribution in [0.1, 0.15) is 11.1 Å². The number of aryl methyl sites for hydroxylation is 2. The van der Waals surface area contributed by atoms with Crippen molar-refractivity contribution in [3.8, 4) is 0 Å². The largest absolute Gasteiger partial charge is 0.292 e. The first-order valence-corrected chi connectivity index (χ1v) is 6.95. The smallest absolute Gasteiger partial charge is 0.238 e. The minimum absolute atomic E-state index is 0.408. The molecule has 1 aromatic carbocycles. The third-order valence-corrected chi connectivity index (χ3v) is 4.40. The van der Waals surface area contributed by atoms with Crippen LogP contribution < -0.4 is 11.3 Å². The van der Waals surface area contributed by atoms with Gasteiger partial charge in [0.25, 0.3) is 0 Å². The van der Waals surface area contributed by atoms with E-state index in [-0.39, 0.29) is 0 Å². The van der Waals surface area contributed by atoms with Crippen molar-refractivity contribution in [2.45, 2.75) is 23.8 Å². The maximum Gasteiger partial charge on any atom is 0.238 e. The summed E-state index contributed by atoms with van der Waals surface area (Å²) in [5.41, 5.74) is 4.90. The highest BCUT2D eigenvalue weighted by Crippen LogP contribution is 2.34. The molecule has 0 amide bonds. The van der Waals surface area contributed by atoms with Crippen molar-refractivity contribution in [3.63, 3.8) is 0 Å². The van der Waals surface area contributed by atoms with E-state index < -0.39 is 0 Å². The molecule has 6 heteroatoms. The first-order chi connectivity index (χ1) is 8.60. The molecule has 1 aromatic heterocycles. The number of nitrogens with two attached hydrogens (primary N) is 1. The Labute approximate surface area is 119 Å². The van der Waals surface area contributed by atoms with Crippen molar-refractivity contribution in [1.82, 2.24) is 9.97 Å².